The number of aryl methyl sites for hydroxylation is 2. The first kappa shape index (κ1) is 18.5. The molecule has 9 heteroatoms. The lowest BCUT2D eigenvalue weighted by atomic mass is 10.0. The molecule has 0 spiro atoms. The summed E-state index contributed by atoms with van der Waals surface area (Å²) in [4.78, 5) is 11.0. The predicted octanol–water partition coefficient (Wildman–Crippen LogP) is 2.10. The first-order chi connectivity index (χ1) is 11.4. The number of nitrogens with zero attached hydrogens (tertiary/aromatic N) is 2. The normalized spacial score (nSPS) is 11.5. The third-order valence-electron chi connectivity index (χ3n) is 3.43. The Morgan fingerprint density at radius 2 is 1.92 bits per heavy atom. The van der Waals surface area contributed by atoms with Gasteiger partial charge in [0.2, 0.25) is 15.4 Å². The number of amides is 1. The van der Waals surface area contributed by atoms with Crippen molar-refractivity contribution in [3.8, 4) is 0 Å². The maximum absolute atomic E-state index is 12.3. The molecule has 0 fully saturated rings. The number of benzene rings is 1. The standard InChI is InChI=1S/C15H20N4O3S2/c1-4-11-6-7-12(5-2)13(8-11)9-16-24(21,22)15-19-18-14(23-15)17-10(3)20/h6-8,16H,4-5,9H2,1-3H3,(H,17,18,20). The topological polar surface area (TPSA) is 101 Å². The van der Waals surface area contributed by atoms with Crippen molar-refractivity contribution in [1.82, 2.24) is 14.9 Å². The molecule has 2 aromatic rings. The Morgan fingerprint density at radius 1 is 1.17 bits per heavy atom. The van der Waals surface area contributed by atoms with Crippen molar-refractivity contribution < 1.29 is 13.2 Å². The van der Waals surface area contributed by atoms with Crippen LogP contribution in [0.25, 0.3) is 0 Å². The molecule has 0 bridgehead atoms. The van der Waals surface area contributed by atoms with E-state index in [1.54, 1.807) is 0 Å². The Labute approximate surface area is 145 Å². The molecule has 0 unspecified atom stereocenters. The number of carbonyl (C=O) groups excluding carboxylic acids is 1. The van der Waals surface area contributed by atoms with Gasteiger partial charge in [-0.3, -0.25) is 4.79 Å². The number of aromatic nitrogens is 2. The quantitative estimate of drug-likeness (QED) is 0.729. The number of hydrogen-bond donors (Lipinski definition) is 2. The van der Waals surface area contributed by atoms with Crippen LogP contribution in [0.4, 0.5) is 5.13 Å². The van der Waals surface area contributed by atoms with Crippen LogP contribution in [0.1, 0.15) is 37.5 Å². The Kier molecular flexibility index (Phi) is 6.03. The zero-order chi connectivity index (χ0) is 17.7. The number of hydrogen-bond acceptors (Lipinski definition) is 6. The summed E-state index contributed by atoms with van der Waals surface area (Å²) in [6, 6.07) is 6.10. The van der Waals surface area contributed by atoms with E-state index in [4.69, 9.17) is 0 Å². The van der Waals surface area contributed by atoms with Crippen molar-refractivity contribution in [2.45, 2.75) is 44.5 Å². The molecule has 0 radical (unpaired) electrons. The predicted molar refractivity (Wildman–Crippen MR) is 93.4 cm³/mol. The van der Waals surface area contributed by atoms with Gasteiger partial charge < -0.3 is 5.32 Å². The molecule has 0 atom stereocenters. The average molecular weight is 368 g/mol. The summed E-state index contributed by atoms with van der Waals surface area (Å²) in [6.07, 6.45) is 1.72. The molecule has 0 aliphatic heterocycles. The zero-order valence-electron chi connectivity index (χ0n) is 13.8. The van der Waals surface area contributed by atoms with Gasteiger partial charge in [-0.1, -0.05) is 43.4 Å². The van der Waals surface area contributed by atoms with Crippen molar-refractivity contribution in [3.63, 3.8) is 0 Å². The third kappa shape index (κ3) is 4.59. The molecule has 24 heavy (non-hydrogen) atoms. The molecule has 130 valence electrons. The van der Waals surface area contributed by atoms with Gasteiger partial charge in [0.05, 0.1) is 0 Å². The minimum Gasteiger partial charge on any atom is -0.301 e. The van der Waals surface area contributed by atoms with Gasteiger partial charge in [-0.2, -0.15) is 0 Å². The van der Waals surface area contributed by atoms with Crippen LogP contribution in [0, 0.1) is 0 Å². The first-order valence-corrected chi connectivity index (χ1v) is 9.87. The molecule has 0 aliphatic carbocycles. The molecule has 0 aliphatic rings. The lowest BCUT2D eigenvalue weighted by Gasteiger charge is -2.10. The molecular formula is C15H20N4O3S2. The second-order valence-electron chi connectivity index (χ2n) is 5.19. The van der Waals surface area contributed by atoms with E-state index < -0.39 is 10.0 Å². The van der Waals surface area contributed by atoms with E-state index in [2.05, 4.69) is 33.2 Å². The van der Waals surface area contributed by atoms with Crippen LogP contribution in [-0.4, -0.2) is 24.5 Å². The number of rotatable bonds is 7. The Bertz CT molecular complexity index is 831. The van der Waals surface area contributed by atoms with Crippen LogP contribution in [0.3, 0.4) is 0 Å². The highest BCUT2D eigenvalue weighted by atomic mass is 32.2. The van der Waals surface area contributed by atoms with Crippen molar-refractivity contribution in [2.75, 3.05) is 5.32 Å². The van der Waals surface area contributed by atoms with E-state index in [0.29, 0.717) is 0 Å². The van der Waals surface area contributed by atoms with Crippen LogP contribution in [0.15, 0.2) is 22.5 Å². The summed E-state index contributed by atoms with van der Waals surface area (Å²) in [5, 5.41) is 9.86. The molecule has 1 heterocycles. The minimum atomic E-state index is -3.77. The molecule has 7 nitrogen and oxygen atoms in total. The zero-order valence-corrected chi connectivity index (χ0v) is 15.4. The molecule has 2 N–H and O–H groups in total. The highest BCUT2D eigenvalue weighted by Gasteiger charge is 2.20. The number of carbonyl (C=O) groups is 1. The summed E-state index contributed by atoms with van der Waals surface area (Å²) in [7, 11) is -3.77. The summed E-state index contributed by atoms with van der Waals surface area (Å²) in [6.45, 7) is 5.60. The van der Waals surface area contributed by atoms with Gasteiger partial charge in [0.1, 0.15) is 0 Å². The number of sulfonamides is 1. The molecule has 0 saturated heterocycles. The fraction of sp³-hybridized carbons (Fsp3) is 0.400. The van der Waals surface area contributed by atoms with Gasteiger partial charge in [-0.15, -0.1) is 10.2 Å². The van der Waals surface area contributed by atoms with Gasteiger partial charge in [-0.05, 0) is 29.5 Å². The van der Waals surface area contributed by atoms with Crippen molar-refractivity contribution >= 4 is 32.4 Å². The smallest absolute Gasteiger partial charge is 0.270 e. The van der Waals surface area contributed by atoms with Gasteiger partial charge >= 0.3 is 0 Å². The summed E-state index contributed by atoms with van der Waals surface area (Å²) in [5.41, 5.74) is 3.21. The van der Waals surface area contributed by atoms with Gasteiger partial charge in [0.15, 0.2) is 0 Å². The Hall–Kier alpha value is -1.84. The first-order valence-electron chi connectivity index (χ1n) is 7.57. The maximum atomic E-state index is 12.3. The lowest BCUT2D eigenvalue weighted by Crippen LogP contribution is -2.23. The molecular weight excluding hydrogens is 348 g/mol. The van der Waals surface area contributed by atoms with Crippen LogP contribution in [0.2, 0.25) is 0 Å². The monoisotopic (exact) mass is 368 g/mol. The van der Waals surface area contributed by atoms with E-state index in [9.17, 15) is 13.2 Å². The SMILES string of the molecule is CCc1ccc(CC)c(CNS(=O)(=O)c2nnc(NC(C)=O)s2)c1. The highest BCUT2D eigenvalue weighted by molar-refractivity contribution is 7.91. The van der Waals surface area contributed by atoms with E-state index >= 15 is 0 Å². The summed E-state index contributed by atoms with van der Waals surface area (Å²) in [5.74, 6) is -0.327. The lowest BCUT2D eigenvalue weighted by molar-refractivity contribution is -0.114. The van der Waals surface area contributed by atoms with E-state index in [1.807, 2.05) is 19.1 Å². The summed E-state index contributed by atoms with van der Waals surface area (Å²) >= 11 is 0.816. The Balaban J connectivity index is 2.15. The second-order valence-corrected chi connectivity index (χ2v) is 8.11. The Morgan fingerprint density at radius 3 is 2.54 bits per heavy atom. The van der Waals surface area contributed by atoms with Gasteiger partial charge in [0.25, 0.3) is 10.0 Å². The molecule has 1 aromatic heterocycles. The molecule has 1 amide bonds. The number of anilines is 1. The van der Waals surface area contributed by atoms with Gasteiger partial charge in [-0.25, -0.2) is 13.1 Å². The molecule has 2 rings (SSSR count). The molecule has 1 aromatic carbocycles. The largest absolute Gasteiger partial charge is 0.301 e. The third-order valence-corrected chi connectivity index (χ3v) is 6.04. The van der Waals surface area contributed by atoms with Crippen LogP contribution in [0.5, 0.6) is 0 Å². The second kappa shape index (κ2) is 7.82. The van der Waals surface area contributed by atoms with Crippen LogP contribution in [-0.2, 0) is 34.2 Å². The van der Waals surface area contributed by atoms with Crippen LogP contribution >= 0.6 is 11.3 Å². The van der Waals surface area contributed by atoms with Crippen molar-refractivity contribution in [3.05, 3.63) is 34.9 Å². The number of nitrogens with one attached hydrogen (secondary N) is 2. The van der Waals surface area contributed by atoms with Crippen molar-refractivity contribution in [2.24, 2.45) is 0 Å². The van der Waals surface area contributed by atoms with Crippen LogP contribution < -0.4 is 10.0 Å². The van der Waals surface area contributed by atoms with E-state index in [1.165, 1.54) is 6.92 Å². The fourth-order valence-electron chi connectivity index (χ4n) is 2.16. The summed E-state index contributed by atoms with van der Waals surface area (Å²) < 4.78 is 27.1. The average Bonchev–Trinajstić information content (AvgIpc) is 3.01. The van der Waals surface area contributed by atoms with E-state index in [-0.39, 0.29) is 21.9 Å². The minimum absolute atomic E-state index is 0.158. The fourth-order valence-corrected chi connectivity index (χ4v) is 4.16. The van der Waals surface area contributed by atoms with Crippen molar-refractivity contribution in [1.29, 1.82) is 0 Å². The highest BCUT2D eigenvalue weighted by Crippen LogP contribution is 2.20. The molecule has 0 saturated carbocycles. The maximum Gasteiger partial charge on any atom is 0.270 e. The van der Waals surface area contributed by atoms with Gasteiger partial charge in [0, 0.05) is 13.5 Å². The van der Waals surface area contributed by atoms with E-state index in [0.717, 1.165) is 40.9 Å².